The minimum absolute atomic E-state index is 0.0984. The van der Waals surface area contributed by atoms with Crippen LogP contribution in [0.4, 0.5) is 0 Å². The third-order valence-corrected chi connectivity index (χ3v) is 9.78. The molecule has 214 valence electrons. The van der Waals surface area contributed by atoms with Crippen LogP contribution in [0.2, 0.25) is 0 Å². The summed E-state index contributed by atoms with van der Waals surface area (Å²) in [6.45, 7) is 9.45. The van der Waals surface area contributed by atoms with Gasteiger partial charge in [-0.3, -0.25) is 0 Å². The number of hydrogen-bond donors (Lipinski definition) is 0. The highest BCUT2D eigenvalue weighted by Crippen LogP contribution is 2.47. The Kier molecular flexibility index (Phi) is 5.96. The Balaban J connectivity index is 1.36. The van der Waals surface area contributed by atoms with Crippen molar-refractivity contribution in [1.82, 2.24) is 15.0 Å². The molecule has 0 N–H and O–H groups in total. The van der Waals surface area contributed by atoms with E-state index in [1.165, 1.54) is 49.9 Å². The average Bonchev–Trinajstić information content (AvgIpc) is 3.07. The van der Waals surface area contributed by atoms with Gasteiger partial charge in [-0.25, -0.2) is 15.0 Å². The number of nitrogens with zero attached hydrogens (tertiary/aromatic N) is 3. The minimum atomic E-state index is 0.0984. The van der Waals surface area contributed by atoms with Gasteiger partial charge in [-0.2, -0.15) is 0 Å². The monoisotopic (exact) mass is 569 g/mol. The van der Waals surface area contributed by atoms with E-state index >= 15 is 0 Å². The van der Waals surface area contributed by atoms with E-state index in [4.69, 9.17) is 15.0 Å². The standard InChI is InChI=1S/C41H35N3/c1-40(2)22-23-41(3,4)36-25-28(19-21-35(36)40)39-43-37(26-12-6-5-7-13-26)42-38(44-39)27-18-20-33-31-16-9-8-14-29(31)30-15-10-11-17-32(30)34(33)24-27/h5-21,24-25H,22-23H2,1-4H3. The van der Waals surface area contributed by atoms with Crippen molar-refractivity contribution in [1.29, 1.82) is 0 Å². The van der Waals surface area contributed by atoms with Crippen molar-refractivity contribution < 1.29 is 0 Å². The van der Waals surface area contributed by atoms with Gasteiger partial charge in [0.05, 0.1) is 0 Å². The van der Waals surface area contributed by atoms with Crippen molar-refractivity contribution in [3.63, 3.8) is 0 Å². The molecule has 1 aromatic heterocycles. The molecule has 0 fully saturated rings. The van der Waals surface area contributed by atoms with Gasteiger partial charge < -0.3 is 0 Å². The topological polar surface area (TPSA) is 38.7 Å². The quantitative estimate of drug-likeness (QED) is 0.199. The van der Waals surface area contributed by atoms with E-state index in [1.54, 1.807) is 0 Å². The van der Waals surface area contributed by atoms with Crippen LogP contribution in [-0.4, -0.2) is 15.0 Å². The Morgan fingerprint density at radius 2 is 0.818 bits per heavy atom. The van der Waals surface area contributed by atoms with E-state index in [9.17, 15) is 0 Å². The predicted octanol–water partition coefficient (Wildman–Crippen LogP) is 10.7. The van der Waals surface area contributed by atoms with E-state index in [1.807, 2.05) is 18.2 Å². The van der Waals surface area contributed by atoms with Crippen LogP contribution in [0.1, 0.15) is 51.7 Å². The van der Waals surface area contributed by atoms with Crippen LogP contribution in [0, 0.1) is 0 Å². The SMILES string of the molecule is CC1(C)CCC(C)(C)c2cc(-c3nc(-c4ccccc4)nc(-c4ccc5c6ccccc6c6ccccc6c5c4)n3)ccc21. The van der Waals surface area contributed by atoms with Gasteiger partial charge in [-0.05, 0) is 79.2 Å². The number of rotatable bonds is 3. The Morgan fingerprint density at radius 3 is 1.41 bits per heavy atom. The van der Waals surface area contributed by atoms with Crippen LogP contribution in [0.3, 0.4) is 0 Å². The van der Waals surface area contributed by atoms with Gasteiger partial charge in [0.25, 0.3) is 0 Å². The summed E-state index contributed by atoms with van der Waals surface area (Å²) >= 11 is 0. The molecule has 0 bridgehead atoms. The van der Waals surface area contributed by atoms with Crippen LogP contribution in [0.15, 0.2) is 115 Å². The fourth-order valence-corrected chi connectivity index (χ4v) is 7.12. The summed E-state index contributed by atoms with van der Waals surface area (Å²) in [6, 6.07) is 41.1. The second-order valence-corrected chi connectivity index (χ2v) is 13.6. The van der Waals surface area contributed by atoms with Crippen molar-refractivity contribution in [3.05, 3.63) is 126 Å². The lowest BCUT2D eigenvalue weighted by Crippen LogP contribution is -2.33. The van der Waals surface area contributed by atoms with E-state index in [0.29, 0.717) is 17.5 Å². The smallest absolute Gasteiger partial charge is 0.164 e. The lowest BCUT2D eigenvalue weighted by atomic mass is 9.63. The van der Waals surface area contributed by atoms with Crippen LogP contribution in [0.25, 0.3) is 66.5 Å². The average molecular weight is 570 g/mol. The van der Waals surface area contributed by atoms with Crippen LogP contribution in [-0.2, 0) is 10.8 Å². The molecule has 1 aliphatic rings. The highest BCUT2D eigenvalue weighted by molar-refractivity contribution is 6.25. The zero-order valence-electron chi connectivity index (χ0n) is 25.7. The minimum Gasteiger partial charge on any atom is -0.208 e. The van der Waals surface area contributed by atoms with Gasteiger partial charge >= 0.3 is 0 Å². The third kappa shape index (κ3) is 4.30. The second kappa shape index (κ2) is 9.82. The second-order valence-electron chi connectivity index (χ2n) is 13.6. The molecule has 0 spiro atoms. The Hall–Kier alpha value is -4.89. The summed E-state index contributed by atoms with van der Waals surface area (Å²) in [5, 5.41) is 7.47. The molecule has 0 amide bonds. The highest BCUT2D eigenvalue weighted by atomic mass is 15.0. The van der Waals surface area contributed by atoms with Gasteiger partial charge in [0.15, 0.2) is 17.5 Å². The molecule has 0 unspecified atom stereocenters. The summed E-state index contributed by atoms with van der Waals surface area (Å²) in [5.41, 5.74) is 6.09. The van der Waals surface area contributed by atoms with Gasteiger partial charge in [0, 0.05) is 16.7 Å². The van der Waals surface area contributed by atoms with Crippen LogP contribution >= 0.6 is 0 Å². The zero-order valence-corrected chi connectivity index (χ0v) is 25.7. The number of aromatic nitrogens is 3. The first-order chi connectivity index (χ1) is 21.3. The number of benzene rings is 6. The molecule has 3 heteroatoms. The maximum atomic E-state index is 5.16. The Bertz CT molecular complexity index is 2190. The molecule has 0 atom stereocenters. The van der Waals surface area contributed by atoms with E-state index < -0.39 is 0 Å². The Morgan fingerprint density at radius 1 is 0.386 bits per heavy atom. The molecule has 3 nitrogen and oxygen atoms in total. The van der Waals surface area contributed by atoms with Crippen molar-refractivity contribution in [3.8, 4) is 34.2 Å². The molecular weight excluding hydrogens is 534 g/mol. The number of hydrogen-bond acceptors (Lipinski definition) is 3. The Labute approximate surface area is 258 Å². The maximum absolute atomic E-state index is 5.16. The van der Waals surface area contributed by atoms with E-state index in [0.717, 1.165) is 23.1 Å². The maximum Gasteiger partial charge on any atom is 0.164 e. The first kappa shape index (κ1) is 26.7. The molecule has 44 heavy (non-hydrogen) atoms. The largest absolute Gasteiger partial charge is 0.208 e. The lowest BCUT2D eigenvalue weighted by molar-refractivity contribution is 0.332. The van der Waals surface area contributed by atoms with Gasteiger partial charge in [0.1, 0.15) is 0 Å². The summed E-state index contributed by atoms with van der Waals surface area (Å²) < 4.78 is 0. The predicted molar refractivity (Wildman–Crippen MR) is 184 cm³/mol. The van der Waals surface area contributed by atoms with Crippen molar-refractivity contribution >= 4 is 32.3 Å². The first-order valence-electron chi connectivity index (χ1n) is 15.6. The van der Waals surface area contributed by atoms with Crippen LogP contribution in [0.5, 0.6) is 0 Å². The molecule has 0 saturated carbocycles. The van der Waals surface area contributed by atoms with E-state index in [2.05, 4.69) is 125 Å². The van der Waals surface area contributed by atoms with Crippen molar-refractivity contribution in [2.24, 2.45) is 0 Å². The lowest BCUT2D eigenvalue weighted by Gasteiger charge is -2.42. The fourth-order valence-electron chi connectivity index (χ4n) is 7.12. The molecule has 0 saturated heterocycles. The molecule has 1 aliphatic carbocycles. The summed E-state index contributed by atoms with van der Waals surface area (Å²) in [5.74, 6) is 2.08. The molecule has 0 aliphatic heterocycles. The first-order valence-corrected chi connectivity index (χ1v) is 15.6. The number of fused-ring (bicyclic) bond motifs is 7. The summed E-state index contributed by atoms with van der Waals surface area (Å²) in [4.78, 5) is 15.3. The van der Waals surface area contributed by atoms with E-state index in [-0.39, 0.29) is 10.8 Å². The van der Waals surface area contributed by atoms with Gasteiger partial charge in [-0.1, -0.05) is 131 Å². The molecule has 1 heterocycles. The van der Waals surface area contributed by atoms with Crippen molar-refractivity contribution in [2.45, 2.75) is 51.4 Å². The molecule has 7 aromatic rings. The third-order valence-electron chi connectivity index (χ3n) is 9.78. The van der Waals surface area contributed by atoms with Gasteiger partial charge in [0.2, 0.25) is 0 Å². The molecule has 8 rings (SSSR count). The van der Waals surface area contributed by atoms with Gasteiger partial charge in [-0.15, -0.1) is 0 Å². The summed E-state index contributed by atoms with van der Waals surface area (Å²) in [6.07, 6.45) is 2.35. The van der Waals surface area contributed by atoms with Crippen molar-refractivity contribution in [2.75, 3.05) is 0 Å². The molecular formula is C41H35N3. The fraction of sp³-hybridized carbons (Fsp3) is 0.195. The molecule has 6 aromatic carbocycles. The summed E-state index contributed by atoms with van der Waals surface area (Å²) in [7, 11) is 0. The molecule has 0 radical (unpaired) electrons. The zero-order chi connectivity index (χ0) is 30.1. The normalized spacial score (nSPS) is 15.5. The highest BCUT2D eigenvalue weighted by Gasteiger charge is 2.37. The van der Waals surface area contributed by atoms with Crippen LogP contribution < -0.4 is 0 Å².